The number of anilines is 2. The summed E-state index contributed by atoms with van der Waals surface area (Å²) < 4.78 is 0. The summed E-state index contributed by atoms with van der Waals surface area (Å²) >= 11 is 1.30. The summed E-state index contributed by atoms with van der Waals surface area (Å²) in [4.78, 5) is 21.8. The van der Waals surface area contributed by atoms with Crippen molar-refractivity contribution in [2.45, 2.75) is 6.92 Å². The zero-order valence-electron chi connectivity index (χ0n) is 10.8. The fourth-order valence-electron chi connectivity index (χ4n) is 1.88. The smallest absolute Gasteiger partial charge is 0.267 e. The van der Waals surface area contributed by atoms with Crippen molar-refractivity contribution >= 4 is 38.8 Å². The van der Waals surface area contributed by atoms with Gasteiger partial charge in [0.05, 0.1) is 5.69 Å². The lowest BCUT2D eigenvalue weighted by atomic mass is 10.2. The monoisotopic (exact) mass is 284 g/mol. The Balaban J connectivity index is 1.97. The number of nitrogens with zero attached hydrogens (tertiary/aromatic N) is 2. The van der Waals surface area contributed by atoms with Crippen molar-refractivity contribution in [2.75, 3.05) is 11.1 Å². The maximum absolute atomic E-state index is 12.3. The fraction of sp³-hybridized carbons (Fsp3) is 0.0714. The summed E-state index contributed by atoms with van der Waals surface area (Å²) in [6.07, 6.45) is 3.24. The zero-order chi connectivity index (χ0) is 14.1. The van der Waals surface area contributed by atoms with Gasteiger partial charge in [-0.25, -0.2) is 4.98 Å². The quantitative estimate of drug-likeness (QED) is 0.758. The third-order valence-electron chi connectivity index (χ3n) is 2.88. The number of hydrogen-bond donors (Lipinski definition) is 2. The van der Waals surface area contributed by atoms with E-state index in [0.717, 1.165) is 15.9 Å². The van der Waals surface area contributed by atoms with Crippen molar-refractivity contribution in [3.8, 4) is 0 Å². The van der Waals surface area contributed by atoms with Crippen LogP contribution in [0.3, 0.4) is 0 Å². The average Bonchev–Trinajstić information content (AvgIpc) is 2.76. The van der Waals surface area contributed by atoms with Crippen LogP contribution in [0.2, 0.25) is 0 Å². The van der Waals surface area contributed by atoms with Gasteiger partial charge < -0.3 is 11.1 Å². The molecule has 0 aliphatic heterocycles. The molecule has 0 spiro atoms. The number of rotatable bonds is 2. The number of pyridine rings is 2. The number of nitrogen functional groups attached to an aromatic ring is 1. The molecular weight excluding hydrogens is 272 g/mol. The summed E-state index contributed by atoms with van der Waals surface area (Å²) in [5.74, 6) is -0.227. The Labute approximate surface area is 119 Å². The molecule has 0 atom stereocenters. The molecule has 1 amide bonds. The van der Waals surface area contributed by atoms with E-state index in [9.17, 15) is 4.79 Å². The molecule has 3 N–H and O–H groups in total. The van der Waals surface area contributed by atoms with Gasteiger partial charge in [0.1, 0.15) is 9.71 Å². The first-order valence-corrected chi connectivity index (χ1v) is 6.84. The summed E-state index contributed by atoms with van der Waals surface area (Å²) in [5, 5.41) is 3.62. The van der Waals surface area contributed by atoms with Gasteiger partial charge >= 0.3 is 0 Å². The Kier molecular flexibility index (Phi) is 3.08. The van der Waals surface area contributed by atoms with E-state index in [2.05, 4.69) is 15.3 Å². The number of aryl methyl sites for hydroxylation is 1. The molecule has 0 saturated heterocycles. The number of carbonyl (C=O) groups is 1. The molecule has 0 aliphatic rings. The van der Waals surface area contributed by atoms with Crippen LogP contribution in [-0.4, -0.2) is 15.9 Å². The number of thiophene rings is 1. The van der Waals surface area contributed by atoms with Crippen molar-refractivity contribution in [1.29, 1.82) is 0 Å². The number of aromatic nitrogens is 2. The maximum atomic E-state index is 12.3. The Morgan fingerprint density at radius 2 is 2.00 bits per heavy atom. The van der Waals surface area contributed by atoms with Crippen LogP contribution in [0.5, 0.6) is 0 Å². The standard InChI is InChI=1S/C14H12N4OS/c1-8-2-3-10-11(15)12(20-14(10)17-8)13(19)18-9-4-6-16-7-5-9/h2-7H,15H2,1H3,(H,16,18,19). The summed E-state index contributed by atoms with van der Waals surface area (Å²) in [6.45, 7) is 1.91. The van der Waals surface area contributed by atoms with Crippen molar-refractivity contribution in [2.24, 2.45) is 0 Å². The topological polar surface area (TPSA) is 80.9 Å². The fourth-order valence-corrected chi connectivity index (χ4v) is 2.92. The van der Waals surface area contributed by atoms with Crippen LogP contribution in [0.25, 0.3) is 10.2 Å². The number of carbonyl (C=O) groups excluding carboxylic acids is 1. The summed E-state index contributed by atoms with van der Waals surface area (Å²) in [7, 11) is 0. The molecule has 0 saturated carbocycles. The lowest BCUT2D eigenvalue weighted by molar-refractivity contribution is 0.103. The second-order valence-corrected chi connectivity index (χ2v) is 5.34. The van der Waals surface area contributed by atoms with Gasteiger partial charge in [-0.3, -0.25) is 9.78 Å². The molecule has 0 bridgehead atoms. The second kappa shape index (κ2) is 4.90. The predicted octanol–water partition coefficient (Wildman–Crippen LogP) is 2.83. The van der Waals surface area contributed by atoms with E-state index in [1.807, 2.05) is 19.1 Å². The third kappa shape index (κ3) is 2.21. The van der Waals surface area contributed by atoms with Crippen LogP contribution in [0.1, 0.15) is 15.4 Å². The van der Waals surface area contributed by atoms with Gasteiger partial charge in [-0.1, -0.05) is 0 Å². The third-order valence-corrected chi connectivity index (χ3v) is 3.99. The van der Waals surface area contributed by atoms with Gasteiger partial charge in [-0.2, -0.15) is 0 Å². The molecule has 20 heavy (non-hydrogen) atoms. The lowest BCUT2D eigenvalue weighted by Gasteiger charge is -2.03. The molecule has 3 aromatic heterocycles. The summed E-state index contributed by atoms with van der Waals surface area (Å²) in [6, 6.07) is 7.23. The van der Waals surface area contributed by atoms with Gasteiger partial charge in [0.2, 0.25) is 0 Å². The molecule has 3 heterocycles. The van der Waals surface area contributed by atoms with E-state index >= 15 is 0 Å². The number of nitrogens with one attached hydrogen (secondary N) is 1. The second-order valence-electron chi connectivity index (χ2n) is 4.34. The van der Waals surface area contributed by atoms with E-state index in [0.29, 0.717) is 16.3 Å². The minimum Gasteiger partial charge on any atom is -0.397 e. The highest BCUT2D eigenvalue weighted by molar-refractivity contribution is 7.21. The first kappa shape index (κ1) is 12.6. The van der Waals surface area contributed by atoms with Crippen LogP contribution < -0.4 is 11.1 Å². The number of nitrogens with two attached hydrogens (primary N) is 1. The Hall–Kier alpha value is -2.47. The molecule has 0 fully saturated rings. The molecular formula is C14H12N4OS. The van der Waals surface area contributed by atoms with Crippen molar-refractivity contribution < 1.29 is 4.79 Å². The summed E-state index contributed by atoms with van der Waals surface area (Å²) in [5.41, 5.74) is 8.11. The van der Waals surface area contributed by atoms with E-state index in [1.165, 1.54) is 11.3 Å². The van der Waals surface area contributed by atoms with Gasteiger partial charge in [0.25, 0.3) is 5.91 Å². The largest absolute Gasteiger partial charge is 0.397 e. The van der Waals surface area contributed by atoms with Gasteiger partial charge in [0.15, 0.2) is 0 Å². The Morgan fingerprint density at radius 3 is 2.75 bits per heavy atom. The minimum absolute atomic E-state index is 0.227. The van der Waals surface area contributed by atoms with Crippen LogP contribution in [0.15, 0.2) is 36.7 Å². The van der Waals surface area contributed by atoms with Crippen molar-refractivity contribution in [3.63, 3.8) is 0 Å². The normalized spacial score (nSPS) is 10.7. The Morgan fingerprint density at radius 1 is 1.25 bits per heavy atom. The average molecular weight is 284 g/mol. The van der Waals surface area contributed by atoms with Gasteiger partial charge in [0, 0.05) is 29.2 Å². The SMILES string of the molecule is Cc1ccc2c(N)c(C(=O)Nc3ccncc3)sc2n1. The highest BCUT2D eigenvalue weighted by atomic mass is 32.1. The molecule has 3 aromatic rings. The van der Waals surface area contributed by atoms with Crippen LogP contribution >= 0.6 is 11.3 Å². The van der Waals surface area contributed by atoms with Gasteiger partial charge in [-0.05, 0) is 31.2 Å². The lowest BCUT2D eigenvalue weighted by Crippen LogP contribution is -2.11. The number of hydrogen-bond acceptors (Lipinski definition) is 5. The highest BCUT2D eigenvalue weighted by Gasteiger charge is 2.17. The van der Waals surface area contributed by atoms with Crippen LogP contribution in [0.4, 0.5) is 11.4 Å². The van der Waals surface area contributed by atoms with E-state index in [4.69, 9.17) is 5.73 Å². The van der Waals surface area contributed by atoms with Crippen LogP contribution in [-0.2, 0) is 0 Å². The molecule has 0 aromatic carbocycles. The maximum Gasteiger partial charge on any atom is 0.267 e. The Bertz CT molecular complexity index is 782. The van der Waals surface area contributed by atoms with Gasteiger partial charge in [-0.15, -0.1) is 11.3 Å². The van der Waals surface area contributed by atoms with Crippen molar-refractivity contribution in [3.05, 3.63) is 47.2 Å². The molecule has 0 unspecified atom stereocenters. The predicted molar refractivity (Wildman–Crippen MR) is 81.0 cm³/mol. The van der Waals surface area contributed by atoms with E-state index < -0.39 is 0 Å². The molecule has 5 nitrogen and oxygen atoms in total. The number of amides is 1. The molecule has 3 rings (SSSR count). The first-order valence-electron chi connectivity index (χ1n) is 6.02. The highest BCUT2D eigenvalue weighted by Crippen LogP contribution is 2.32. The van der Waals surface area contributed by atoms with E-state index in [-0.39, 0.29) is 5.91 Å². The molecule has 6 heteroatoms. The molecule has 100 valence electrons. The minimum atomic E-state index is -0.227. The van der Waals surface area contributed by atoms with E-state index in [1.54, 1.807) is 24.5 Å². The number of fused-ring (bicyclic) bond motifs is 1. The zero-order valence-corrected chi connectivity index (χ0v) is 11.6. The van der Waals surface area contributed by atoms with Crippen molar-refractivity contribution in [1.82, 2.24) is 9.97 Å². The molecule has 0 radical (unpaired) electrons. The van der Waals surface area contributed by atoms with Crippen LogP contribution in [0, 0.1) is 6.92 Å². The first-order chi connectivity index (χ1) is 9.65. The molecule has 0 aliphatic carbocycles.